The Balaban J connectivity index is 1.14. The number of hydrogen-bond donors (Lipinski definition) is 1. The molecule has 8 aliphatic rings. The van der Waals surface area contributed by atoms with Crippen LogP contribution in [0.15, 0.2) is 49.7 Å². The molecule has 5 heteroatoms. The Hall–Kier alpha value is -0.650. The van der Waals surface area contributed by atoms with Crippen LogP contribution in [0.5, 0.6) is 0 Å². The summed E-state index contributed by atoms with van der Waals surface area (Å²) in [5.74, 6) is 3.97. The summed E-state index contributed by atoms with van der Waals surface area (Å²) >= 11 is 7.45. The van der Waals surface area contributed by atoms with E-state index in [1.54, 1.807) is 11.1 Å². The van der Waals surface area contributed by atoms with Crippen molar-refractivity contribution in [1.82, 2.24) is 4.90 Å². The van der Waals surface area contributed by atoms with Gasteiger partial charge in [0.2, 0.25) is 0 Å². The van der Waals surface area contributed by atoms with E-state index in [0.717, 1.165) is 56.7 Å². The molecule has 6 unspecified atom stereocenters. The third kappa shape index (κ3) is 4.59. The Kier molecular flexibility index (Phi) is 6.75. The number of hydrogen-bond acceptors (Lipinski definition) is 3. The quantitative estimate of drug-likeness (QED) is 0.198. The molecule has 0 aromatic rings. The lowest BCUT2D eigenvalue weighted by Crippen LogP contribution is -2.44. The van der Waals surface area contributed by atoms with Crippen molar-refractivity contribution < 1.29 is 5.11 Å². The van der Waals surface area contributed by atoms with Gasteiger partial charge < -0.3 is 5.11 Å². The van der Waals surface area contributed by atoms with E-state index in [1.165, 1.54) is 54.2 Å². The van der Waals surface area contributed by atoms with Gasteiger partial charge in [-0.05, 0) is 93.5 Å². The van der Waals surface area contributed by atoms with Gasteiger partial charge in [0, 0.05) is 41.0 Å². The third-order valence-corrected chi connectivity index (χ3v) is 10.7. The van der Waals surface area contributed by atoms with Crippen LogP contribution in [-0.2, 0) is 0 Å². The Morgan fingerprint density at radius 1 is 1.15 bits per heavy atom. The Bertz CT molecular complexity index is 978. The van der Waals surface area contributed by atoms with Crippen LogP contribution in [0.4, 0.5) is 0 Å². The minimum Gasteiger partial charge on any atom is -0.511 e. The van der Waals surface area contributed by atoms with E-state index in [2.05, 4.69) is 62.1 Å². The fourth-order valence-electron chi connectivity index (χ4n) is 7.98. The number of rotatable bonds is 6. The zero-order valence-corrected chi connectivity index (χ0v) is 23.5. The van der Waals surface area contributed by atoms with Gasteiger partial charge in [0.1, 0.15) is 5.76 Å². The van der Waals surface area contributed by atoms with Crippen molar-refractivity contribution in [2.75, 3.05) is 19.6 Å². The highest BCUT2D eigenvalue weighted by atomic mass is 79.9. The Labute approximate surface area is 221 Å². The highest BCUT2D eigenvalue weighted by Crippen LogP contribution is 2.61. The van der Waals surface area contributed by atoms with E-state index in [9.17, 15) is 5.11 Å². The summed E-state index contributed by atoms with van der Waals surface area (Å²) < 4.78 is 1.29. The summed E-state index contributed by atoms with van der Waals surface area (Å²) in [5, 5.41) is 11.5. The number of aliphatic hydroxyl groups is 1. The highest BCUT2D eigenvalue weighted by molar-refractivity contribution is 9.12. The smallest absolute Gasteiger partial charge is 0.104 e. The SMILES string of the molecule is CC1=CC(CN2CCCC2C/N=C/C2C=C(Br)CC(Br)C2)=C(O)C(C2=C3C4CC(C2)CC3C4)C1. The van der Waals surface area contributed by atoms with E-state index >= 15 is 0 Å². The van der Waals surface area contributed by atoms with Crippen LogP contribution in [0.2, 0.25) is 0 Å². The average Bonchev–Trinajstić information content (AvgIpc) is 3.22. The predicted molar refractivity (Wildman–Crippen MR) is 148 cm³/mol. The first-order valence-corrected chi connectivity index (χ1v) is 15.2. The van der Waals surface area contributed by atoms with Crippen molar-refractivity contribution >= 4 is 38.1 Å². The molecule has 6 atom stereocenters. The molecule has 4 bridgehead atoms. The maximum absolute atomic E-state index is 11.5. The van der Waals surface area contributed by atoms with Crippen molar-refractivity contribution in [3.8, 4) is 0 Å². The zero-order valence-electron chi connectivity index (χ0n) is 20.4. The molecule has 1 heterocycles. The lowest BCUT2D eigenvalue weighted by Gasteiger charge is -2.55. The molecule has 0 spiro atoms. The van der Waals surface area contributed by atoms with Gasteiger partial charge in [-0.1, -0.05) is 60.7 Å². The predicted octanol–water partition coefficient (Wildman–Crippen LogP) is 7.50. The molecule has 3 nitrogen and oxygen atoms in total. The number of fused-ring (bicyclic) bond motifs is 1. The fourth-order valence-corrected chi connectivity index (χ4v) is 9.92. The molecule has 8 rings (SSSR count). The summed E-state index contributed by atoms with van der Waals surface area (Å²) in [6.07, 6.45) is 18.0. The number of aliphatic hydroxyl groups excluding tert-OH is 1. The molecule has 34 heavy (non-hydrogen) atoms. The molecular weight excluding hydrogens is 552 g/mol. The molecule has 0 amide bonds. The largest absolute Gasteiger partial charge is 0.511 e. The lowest BCUT2D eigenvalue weighted by molar-refractivity contribution is 0.114. The monoisotopic (exact) mass is 588 g/mol. The second-order valence-electron chi connectivity index (χ2n) is 11.9. The van der Waals surface area contributed by atoms with Gasteiger partial charge >= 0.3 is 0 Å². The Morgan fingerprint density at radius 2 is 1.97 bits per heavy atom. The molecule has 0 aromatic carbocycles. The van der Waals surface area contributed by atoms with Crippen LogP contribution in [0.3, 0.4) is 0 Å². The number of nitrogens with zero attached hydrogens (tertiary/aromatic N) is 2. The van der Waals surface area contributed by atoms with Crippen LogP contribution in [0.1, 0.15) is 64.7 Å². The summed E-state index contributed by atoms with van der Waals surface area (Å²) in [5.41, 5.74) is 6.03. The number of halogens is 2. The van der Waals surface area contributed by atoms with Gasteiger partial charge in [0.15, 0.2) is 0 Å². The maximum atomic E-state index is 11.5. The second-order valence-corrected chi connectivity index (χ2v) is 14.2. The van der Waals surface area contributed by atoms with Gasteiger partial charge in [-0.2, -0.15) is 0 Å². The molecule has 0 aromatic heterocycles. The van der Waals surface area contributed by atoms with Crippen LogP contribution >= 0.6 is 31.9 Å². The van der Waals surface area contributed by atoms with Crippen LogP contribution in [-0.4, -0.2) is 46.7 Å². The number of likely N-dealkylation sites (tertiary alicyclic amines) is 1. The van der Waals surface area contributed by atoms with E-state index in [1.807, 2.05) is 0 Å². The molecule has 4 fully saturated rings. The first kappa shape index (κ1) is 23.7. The first-order valence-electron chi connectivity index (χ1n) is 13.5. The fraction of sp³-hybridized carbons (Fsp3) is 0.690. The summed E-state index contributed by atoms with van der Waals surface area (Å²) in [6.45, 7) is 5.13. The lowest BCUT2D eigenvalue weighted by atomic mass is 9.50. The standard InChI is InChI=1S/C29H38Br2N2O/c1-17-5-22(29(34)27(6-17)26-11-18-7-20-12-21(8-18)28(20)26)16-33-4-2-3-25(33)15-32-14-19-9-23(30)13-24(31)10-19/h5,9,14,18-21,24-25,27,34H,2-4,6-8,10-13,15-16H2,1H3/b32-14+. The van der Waals surface area contributed by atoms with Gasteiger partial charge in [-0.25, -0.2) is 0 Å². The number of alkyl halides is 1. The molecule has 1 aliphatic heterocycles. The zero-order chi connectivity index (χ0) is 23.4. The van der Waals surface area contributed by atoms with Crippen molar-refractivity contribution in [2.24, 2.45) is 34.6 Å². The van der Waals surface area contributed by atoms with Crippen molar-refractivity contribution in [1.29, 1.82) is 0 Å². The molecule has 7 aliphatic carbocycles. The average molecular weight is 590 g/mol. The number of allylic oxidation sites excluding steroid dienone is 5. The second kappa shape index (κ2) is 9.67. The van der Waals surface area contributed by atoms with E-state index in [4.69, 9.17) is 4.99 Å². The minimum atomic E-state index is 0.260. The van der Waals surface area contributed by atoms with Crippen LogP contribution in [0.25, 0.3) is 0 Å². The van der Waals surface area contributed by atoms with Crippen molar-refractivity contribution in [2.45, 2.75) is 75.6 Å². The minimum absolute atomic E-state index is 0.260. The van der Waals surface area contributed by atoms with E-state index in [0.29, 0.717) is 22.5 Å². The summed E-state index contributed by atoms with van der Waals surface area (Å²) in [4.78, 5) is 8.02. The molecule has 0 radical (unpaired) electrons. The molecule has 184 valence electrons. The maximum Gasteiger partial charge on any atom is 0.104 e. The first-order chi connectivity index (χ1) is 16.4. The Morgan fingerprint density at radius 3 is 2.74 bits per heavy atom. The van der Waals surface area contributed by atoms with Gasteiger partial charge in [0.05, 0.1) is 6.54 Å². The van der Waals surface area contributed by atoms with E-state index in [-0.39, 0.29) is 5.92 Å². The number of aliphatic imine (C=N–C) groups is 1. The third-order valence-electron chi connectivity index (χ3n) is 9.42. The topological polar surface area (TPSA) is 35.8 Å². The van der Waals surface area contributed by atoms with Crippen molar-refractivity contribution in [3.05, 3.63) is 44.7 Å². The van der Waals surface area contributed by atoms with Gasteiger partial charge in [0.25, 0.3) is 0 Å². The van der Waals surface area contributed by atoms with Crippen molar-refractivity contribution in [3.63, 3.8) is 0 Å². The van der Waals surface area contributed by atoms with Gasteiger partial charge in [-0.3, -0.25) is 9.89 Å². The molecule has 3 saturated carbocycles. The summed E-state index contributed by atoms with van der Waals surface area (Å²) in [6, 6.07) is 0.488. The summed E-state index contributed by atoms with van der Waals surface area (Å²) in [7, 11) is 0. The highest BCUT2D eigenvalue weighted by Gasteiger charge is 2.49. The molecular formula is C29H38Br2N2O. The molecule has 1 saturated heterocycles. The van der Waals surface area contributed by atoms with Crippen LogP contribution in [0, 0.1) is 29.6 Å². The van der Waals surface area contributed by atoms with Crippen LogP contribution < -0.4 is 0 Å². The normalized spacial score (nSPS) is 40.1. The van der Waals surface area contributed by atoms with Gasteiger partial charge in [-0.15, -0.1) is 0 Å². The molecule has 1 N–H and O–H groups in total. The van der Waals surface area contributed by atoms with E-state index < -0.39 is 0 Å².